The van der Waals surface area contributed by atoms with Crippen LogP contribution in [0.2, 0.25) is 0 Å². The number of Topliss-reactive ketones (excluding diaryl/α,β-unsaturated/α-hetero) is 1. The minimum Gasteiger partial charge on any atom is -0.488 e. The van der Waals surface area contributed by atoms with E-state index in [-0.39, 0.29) is 12.0 Å². The van der Waals surface area contributed by atoms with E-state index in [0.717, 1.165) is 44.6 Å². The number of hydrogen-bond acceptors (Lipinski definition) is 3. The number of nitrogens with zero attached hydrogens (tertiary/aromatic N) is 1. The van der Waals surface area contributed by atoms with Crippen molar-refractivity contribution in [3.8, 4) is 5.75 Å². The Kier molecular flexibility index (Phi) is 3.79. The molecule has 0 radical (unpaired) electrons. The van der Waals surface area contributed by atoms with E-state index < -0.39 is 0 Å². The second-order valence-corrected chi connectivity index (χ2v) is 6.24. The Labute approximate surface area is 120 Å². The molecule has 1 saturated heterocycles. The third kappa shape index (κ3) is 2.88. The fourth-order valence-electron chi connectivity index (χ4n) is 3.36. The Balaban J connectivity index is 1.53. The van der Waals surface area contributed by atoms with Crippen molar-refractivity contribution in [2.45, 2.75) is 39.2 Å². The number of fused-ring (bicyclic) bond motifs is 1. The number of ether oxygens (including phenoxy) is 1. The summed E-state index contributed by atoms with van der Waals surface area (Å²) < 4.78 is 6.03. The Morgan fingerprint density at radius 3 is 2.80 bits per heavy atom. The Morgan fingerprint density at radius 1 is 1.35 bits per heavy atom. The van der Waals surface area contributed by atoms with Crippen molar-refractivity contribution in [2.24, 2.45) is 5.92 Å². The molecule has 3 nitrogen and oxygen atoms in total. The largest absolute Gasteiger partial charge is 0.488 e. The first kappa shape index (κ1) is 13.6. The Morgan fingerprint density at radius 2 is 2.10 bits per heavy atom. The van der Waals surface area contributed by atoms with Gasteiger partial charge in [-0.25, -0.2) is 0 Å². The third-order valence-corrected chi connectivity index (χ3v) is 4.58. The van der Waals surface area contributed by atoms with Crippen LogP contribution in [0.15, 0.2) is 18.2 Å². The predicted octanol–water partition coefficient (Wildman–Crippen LogP) is 2.60. The molecule has 3 rings (SSSR count). The average molecular weight is 273 g/mol. The molecule has 3 heteroatoms. The molecule has 1 atom stereocenters. The standard InChI is InChI=1S/C17H23NO2/c1-12-3-4-17-15(9-12)10-16(20-17)11-18-7-5-14(6-8-18)13(2)19/h3-4,9,14,16H,5-8,10-11H2,1-2H3. The quantitative estimate of drug-likeness (QED) is 0.848. The topological polar surface area (TPSA) is 29.5 Å². The smallest absolute Gasteiger partial charge is 0.133 e. The van der Waals surface area contributed by atoms with Crippen LogP contribution in [-0.4, -0.2) is 36.4 Å². The molecule has 2 aliphatic rings. The molecule has 0 bridgehead atoms. The highest BCUT2D eigenvalue weighted by atomic mass is 16.5. The van der Waals surface area contributed by atoms with E-state index in [2.05, 4.69) is 30.0 Å². The Bertz CT molecular complexity index is 504. The van der Waals surface area contributed by atoms with E-state index in [9.17, 15) is 4.79 Å². The lowest BCUT2D eigenvalue weighted by atomic mass is 9.93. The highest BCUT2D eigenvalue weighted by molar-refractivity contribution is 5.78. The van der Waals surface area contributed by atoms with Crippen molar-refractivity contribution < 1.29 is 9.53 Å². The van der Waals surface area contributed by atoms with Gasteiger partial charge in [0.05, 0.1) is 0 Å². The highest BCUT2D eigenvalue weighted by Gasteiger charge is 2.28. The first-order valence-corrected chi connectivity index (χ1v) is 7.61. The summed E-state index contributed by atoms with van der Waals surface area (Å²) in [6.45, 7) is 6.89. The maximum Gasteiger partial charge on any atom is 0.133 e. The number of rotatable bonds is 3. The number of piperidine rings is 1. The van der Waals surface area contributed by atoms with Gasteiger partial charge >= 0.3 is 0 Å². The summed E-state index contributed by atoms with van der Waals surface area (Å²) in [5.74, 6) is 1.69. The molecule has 0 aliphatic carbocycles. The van der Waals surface area contributed by atoms with E-state index in [0.29, 0.717) is 5.78 Å². The van der Waals surface area contributed by atoms with Crippen LogP contribution < -0.4 is 4.74 Å². The van der Waals surface area contributed by atoms with E-state index in [1.807, 2.05) is 0 Å². The van der Waals surface area contributed by atoms with E-state index >= 15 is 0 Å². The van der Waals surface area contributed by atoms with Gasteiger partial charge in [-0.3, -0.25) is 9.69 Å². The molecule has 0 N–H and O–H groups in total. The van der Waals surface area contributed by atoms with Gasteiger partial charge in [0.15, 0.2) is 0 Å². The van der Waals surface area contributed by atoms with Gasteiger partial charge in [-0.2, -0.15) is 0 Å². The van der Waals surface area contributed by atoms with E-state index in [4.69, 9.17) is 4.74 Å². The van der Waals surface area contributed by atoms with Crippen molar-refractivity contribution in [3.05, 3.63) is 29.3 Å². The summed E-state index contributed by atoms with van der Waals surface area (Å²) in [5.41, 5.74) is 2.64. The van der Waals surface area contributed by atoms with Crippen LogP contribution in [0.5, 0.6) is 5.75 Å². The minimum atomic E-state index is 0.278. The number of hydrogen-bond donors (Lipinski definition) is 0. The highest BCUT2D eigenvalue weighted by Crippen LogP contribution is 2.30. The second-order valence-electron chi connectivity index (χ2n) is 6.24. The van der Waals surface area contributed by atoms with Gasteiger partial charge in [0.2, 0.25) is 0 Å². The summed E-state index contributed by atoms with van der Waals surface area (Å²) in [6, 6.07) is 6.43. The molecule has 1 unspecified atom stereocenters. The molecular weight excluding hydrogens is 250 g/mol. The molecular formula is C17H23NO2. The number of aryl methyl sites for hydroxylation is 1. The molecule has 0 amide bonds. The van der Waals surface area contributed by atoms with E-state index in [1.165, 1.54) is 11.1 Å². The zero-order chi connectivity index (χ0) is 14.1. The van der Waals surface area contributed by atoms with Gasteiger partial charge in [0.1, 0.15) is 17.6 Å². The number of likely N-dealkylation sites (tertiary alicyclic amines) is 1. The zero-order valence-corrected chi connectivity index (χ0v) is 12.4. The fourth-order valence-corrected chi connectivity index (χ4v) is 3.36. The summed E-state index contributed by atoms with van der Waals surface area (Å²) >= 11 is 0. The zero-order valence-electron chi connectivity index (χ0n) is 12.4. The maximum absolute atomic E-state index is 11.4. The number of ketones is 1. The van der Waals surface area contributed by atoms with Crippen LogP contribution in [-0.2, 0) is 11.2 Å². The summed E-state index contributed by atoms with van der Waals surface area (Å²) in [7, 11) is 0. The van der Waals surface area contributed by atoms with Gasteiger partial charge in [0.25, 0.3) is 0 Å². The van der Waals surface area contributed by atoms with Crippen molar-refractivity contribution in [3.63, 3.8) is 0 Å². The van der Waals surface area contributed by atoms with Crippen molar-refractivity contribution >= 4 is 5.78 Å². The number of benzene rings is 1. The van der Waals surface area contributed by atoms with Crippen LogP contribution >= 0.6 is 0 Å². The molecule has 0 saturated carbocycles. The van der Waals surface area contributed by atoms with Crippen LogP contribution in [0.4, 0.5) is 0 Å². The summed E-state index contributed by atoms with van der Waals surface area (Å²) in [6.07, 6.45) is 3.31. The SMILES string of the molecule is CC(=O)C1CCN(CC2Cc3cc(C)ccc3O2)CC1. The molecule has 0 spiro atoms. The fraction of sp³-hybridized carbons (Fsp3) is 0.588. The first-order chi connectivity index (χ1) is 9.61. The lowest BCUT2D eigenvalue weighted by Crippen LogP contribution is -2.41. The number of carbonyl (C=O) groups excluding carboxylic acids is 1. The lowest BCUT2D eigenvalue weighted by Gasteiger charge is -2.32. The summed E-state index contributed by atoms with van der Waals surface area (Å²) in [5, 5.41) is 0. The average Bonchev–Trinajstić information content (AvgIpc) is 2.80. The molecule has 0 aromatic heterocycles. The monoisotopic (exact) mass is 273 g/mol. The first-order valence-electron chi connectivity index (χ1n) is 7.61. The summed E-state index contributed by atoms with van der Waals surface area (Å²) in [4.78, 5) is 13.8. The normalized spacial score (nSPS) is 23.4. The lowest BCUT2D eigenvalue weighted by molar-refractivity contribution is -0.122. The Hall–Kier alpha value is -1.35. The van der Waals surface area contributed by atoms with Crippen LogP contribution in [0.3, 0.4) is 0 Å². The molecule has 108 valence electrons. The second kappa shape index (κ2) is 5.57. The molecule has 2 aliphatic heterocycles. The van der Waals surface area contributed by atoms with Crippen molar-refractivity contribution in [1.29, 1.82) is 0 Å². The molecule has 1 aromatic rings. The molecule has 1 fully saturated rings. The van der Waals surface area contributed by atoms with Crippen molar-refractivity contribution in [1.82, 2.24) is 4.90 Å². The van der Waals surface area contributed by atoms with Gasteiger partial charge in [-0.05, 0) is 51.4 Å². The van der Waals surface area contributed by atoms with Gasteiger partial charge in [-0.1, -0.05) is 17.7 Å². The predicted molar refractivity (Wildman–Crippen MR) is 79.1 cm³/mol. The maximum atomic E-state index is 11.4. The molecule has 2 heterocycles. The van der Waals surface area contributed by atoms with E-state index in [1.54, 1.807) is 6.92 Å². The molecule has 1 aromatic carbocycles. The van der Waals surface area contributed by atoms with Gasteiger partial charge in [0, 0.05) is 18.9 Å². The van der Waals surface area contributed by atoms with Gasteiger partial charge < -0.3 is 4.74 Å². The van der Waals surface area contributed by atoms with Gasteiger partial charge in [-0.15, -0.1) is 0 Å². The van der Waals surface area contributed by atoms with Crippen LogP contribution in [0.25, 0.3) is 0 Å². The van der Waals surface area contributed by atoms with Crippen LogP contribution in [0.1, 0.15) is 30.9 Å². The number of carbonyl (C=O) groups is 1. The van der Waals surface area contributed by atoms with Crippen molar-refractivity contribution in [2.75, 3.05) is 19.6 Å². The third-order valence-electron chi connectivity index (χ3n) is 4.58. The molecule has 20 heavy (non-hydrogen) atoms. The van der Waals surface area contributed by atoms with Crippen LogP contribution in [0, 0.1) is 12.8 Å². The minimum absolute atomic E-state index is 0.278.